The third kappa shape index (κ3) is 4.46. The Bertz CT molecular complexity index is 1980. The molecule has 2 N–H and O–H groups in total. The molecular weight excluding hydrogens is 504 g/mol. The van der Waals surface area contributed by atoms with Crippen LogP contribution in [0.15, 0.2) is 140 Å². The summed E-state index contributed by atoms with van der Waals surface area (Å²) in [5.41, 5.74) is 9.29. The van der Waals surface area contributed by atoms with Crippen LogP contribution in [0.2, 0.25) is 0 Å². The first-order valence-corrected chi connectivity index (χ1v) is 13.6. The summed E-state index contributed by atoms with van der Waals surface area (Å²) in [6.45, 7) is 0. The van der Waals surface area contributed by atoms with Crippen LogP contribution in [0.4, 0.5) is 11.4 Å². The van der Waals surface area contributed by atoms with Crippen molar-refractivity contribution in [3.05, 3.63) is 140 Å². The summed E-state index contributed by atoms with van der Waals surface area (Å²) in [5, 5.41) is 16.8. The van der Waals surface area contributed by atoms with Gasteiger partial charge in [-0.1, -0.05) is 91.0 Å². The Labute approximate surface area is 238 Å². The predicted octanol–water partition coefficient (Wildman–Crippen LogP) is 9.58. The fourth-order valence-corrected chi connectivity index (χ4v) is 5.60. The third-order valence-electron chi connectivity index (χ3n) is 7.58. The number of aromatic hydroxyl groups is 1. The van der Waals surface area contributed by atoms with Crippen LogP contribution in [-0.2, 0) is 0 Å². The molecular formula is C37H28N2O2. The highest BCUT2D eigenvalue weighted by molar-refractivity contribution is 6.17. The molecule has 4 nitrogen and oxygen atoms in total. The van der Waals surface area contributed by atoms with E-state index in [0.29, 0.717) is 5.75 Å². The van der Waals surface area contributed by atoms with E-state index in [-0.39, 0.29) is 5.75 Å². The van der Waals surface area contributed by atoms with Gasteiger partial charge in [0.05, 0.1) is 18.1 Å². The van der Waals surface area contributed by atoms with Crippen molar-refractivity contribution in [1.82, 2.24) is 4.57 Å². The molecule has 0 spiro atoms. The largest absolute Gasteiger partial charge is 0.506 e. The van der Waals surface area contributed by atoms with E-state index in [0.717, 1.165) is 44.4 Å². The van der Waals surface area contributed by atoms with Crippen molar-refractivity contribution in [3.8, 4) is 39.4 Å². The quantitative estimate of drug-likeness (QED) is 0.224. The van der Waals surface area contributed by atoms with Crippen LogP contribution in [0, 0.1) is 0 Å². The van der Waals surface area contributed by atoms with Gasteiger partial charge in [-0.25, -0.2) is 0 Å². The van der Waals surface area contributed by atoms with Crippen LogP contribution >= 0.6 is 0 Å². The molecule has 0 aliphatic heterocycles. The van der Waals surface area contributed by atoms with Crippen molar-refractivity contribution in [3.63, 3.8) is 0 Å². The van der Waals surface area contributed by atoms with Gasteiger partial charge in [0.2, 0.25) is 0 Å². The number of anilines is 2. The molecule has 1 aromatic heterocycles. The molecule has 0 bridgehead atoms. The monoisotopic (exact) mass is 532 g/mol. The third-order valence-corrected chi connectivity index (χ3v) is 7.58. The molecule has 4 heteroatoms. The Morgan fingerprint density at radius 3 is 1.80 bits per heavy atom. The molecule has 0 amide bonds. The zero-order valence-corrected chi connectivity index (χ0v) is 22.6. The number of nitrogens with one attached hydrogen (secondary N) is 1. The number of benzene rings is 6. The SMILES string of the molecule is COc1cc(O)c2c(c1)c1c(Nc3ccc(-c4ccccc4)cc3)cccc1n2-c1ccc(-c2ccccc2)cc1. The number of aromatic nitrogens is 1. The highest BCUT2D eigenvalue weighted by atomic mass is 16.5. The minimum absolute atomic E-state index is 0.167. The zero-order chi connectivity index (χ0) is 27.8. The van der Waals surface area contributed by atoms with Gasteiger partial charge in [0, 0.05) is 33.9 Å². The lowest BCUT2D eigenvalue weighted by molar-refractivity contribution is 0.409. The molecule has 0 radical (unpaired) electrons. The molecule has 198 valence electrons. The van der Waals surface area contributed by atoms with Crippen LogP contribution in [0.3, 0.4) is 0 Å². The van der Waals surface area contributed by atoms with Gasteiger partial charge >= 0.3 is 0 Å². The Hall–Kier alpha value is -5.48. The number of ether oxygens (including phenoxy) is 1. The predicted molar refractivity (Wildman–Crippen MR) is 170 cm³/mol. The van der Waals surface area contributed by atoms with Crippen LogP contribution < -0.4 is 10.1 Å². The standard InChI is InChI=1S/C37H28N2O2/c1-41-31-23-32-36-33(38-29-19-15-27(16-20-29)25-9-4-2-5-10-25)13-8-14-34(36)39(37(32)35(40)24-31)30-21-17-28(18-22-30)26-11-6-3-7-12-26/h2-24,38,40H,1H3. The summed E-state index contributed by atoms with van der Waals surface area (Å²) >= 11 is 0. The van der Waals surface area contributed by atoms with Gasteiger partial charge in [0.25, 0.3) is 0 Å². The number of methoxy groups -OCH3 is 1. The smallest absolute Gasteiger partial charge is 0.143 e. The molecule has 0 saturated carbocycles. The van der Waals surface area contributed by atoms with E-state index < -0.39 is 0 Å². The number of hydrogen-bond acceptors (Lipinski definition) is 3. The second kappa shape index (κ2) is 10.2. The molecule has 0 saturated heterocycles. The van der Waals surface area contributed by atoms with Crippen LogP contribution in [0.5, 0.6) is 11.5 Å². The van der Waals surface area contributed by atoms with Crippen LogP contribution in [-0.4, -0.2) is 16.8 Å². The van der Waals surface area contributed by atoms with Crippen molar-refractivity contribution in [2.45, 2.75) is 0 Å². The lowest BCUT2D eigenvalue weighted by atomic mass is 10.1. The van der Waals surface area contributed by atoms with Gasteiger partial charge in [-0.2, -0.15) is 0 Å². The van der Waals surface area contributed by atoms with Crippen LogP contribution in [0.1, 0.15) is 0 Å². The minimum Gasteiger partial charge on any atom is -0.506 e. The van der Waals surface area contributed by atoms with Gasteiger partial charge in [-0.05, 0) is 64.7 Å². The topological polar surface area (TPSA) is 46.4 Å². The highest BCUT2D eigenvalue weighted by Crippen LogP contribution is 2.43. The summed E-state index contributed by atoms with van der Waals surface area (Å²) in [6, 6.07) is 47.5. The maximum absolute atomic E-state index is 11.3. The summed E-state index contributed by atoms with van der Waals surface area (Å²) < 4.78 is 7.68. The lowest BCUT2D eigenvalue weighted by Gasteiger charge is -2.12. The number of phenolic OH excluding ortho intramolecular Hbond substituents is 1. The summed E-state index contributed by atoms with van der Waals surface area (Å²) in [6.07, 6.45) is 0. The molecule has 41 heavy (non-hydrogen) atoms. The molecule has 0 fully saturated rings. The average Bonchev–Trinajstić information content (AvgIpc) is 3.38. The maximum atomic E-state index is 11.3. The number of nitrogens with zero attached hydrogens (tertiary/aromatic N) is 1. The Morgan fingerprint density at radius 1 is 0.610 bits per heavy atom. The van der Waals surface area contributed by atoms with Gasteiger partial charge in [-0.15, -0.1) is 0 Å². The number of fused-ring (bicyclic) bond motifs is 3. The van der Waals surface area contributed by atoms with Gasteiger partial charge in [-0.3, -0.25) is 0 Å². The van der Waals surface area contributed by atoms with E-state index in [1.807, 2.05) is 36.4 Å². The van der Waals surface area contributed by atoms with Crippen LogP contribution in [0.25, 0.3) is 49.7 Å². The summed E-state index contributed by atoms with van der Waals surface area (Å²) in [7, 11) is 1.62. The van der Waals surface area contributed by atoms with E-state index in [1.165, 1.54) is 16.7 Å². The average molecular weight is 533 g/mol. The zero-order valence-electron chi connectivity index (χ0n) is 22.6. The van der Waals surface area contributed by atoms with Gasteiger partial charge in [0.1, 0.15) is 11.5 Å². The van der Waals surface area contributed by atoms with Crippen molar-refractivity contribution < 1.29 is 9.84 Å². The molecule has 0 aliphatic carbocycles. The van der Waals surface area contributed by atoms with E-state index in [1.54, 1.807) is 13.2 Å². The molecule has 0 unspecified atom stereocenters. The fourth-order valence-electron chi connectivity index (χ4n) is 5.60. The van der Waals surface area contributed by atoms with Crippen molar-refractivity contribution in [2.75, 3.05) is 12.4 Å². The molecule has 0 atom stereocenters. The van der Waals surface area contributed by atoms with E-state index in [9.17, 15) is 5.11 Å². The second-order valence-corrected chi connectivity index (χ2v) is 10.1. The first kappa shape index (κ1) is 24.6. The van der Waals surface area contributed by atoms with Crippen molar-refractivity contribution in [1.29, 1.82) is 0 Å². The Morgan fingerprint density at radius 2 is 1.20 bits per heavy atom. The lowest BCUT2D eigenvalue weighted by Crippen LogP contribution is -1.95. The number of hydrogen-bond donors (Lipinski definition) is 2. The first-order chi connectivity index (χ1) is 20.2. The number of rotatable bonds is 6. The Balaban J connectivity index is 1.36. The molecule has 7 rings (SSSR count). The minimum atomic E-state index is 0.167. The van der Waals surface area contributed by atoms with E-state index >= 15 is 0 Å². The first-order valence-electron chi connectivity index (χ1n) is 13.6. The summed E-state index contributed by atoms with van der Waals surface area (Å²) in [4.78, 5) is 0. The van der Waals surface area contributed by atoms with Gasteiger partial charge < -0.3 is 19.7 Å². The number of phenols is 1. The highest BCUT2D eigenvalue weighted by Gasteiger charge is 2.19. The Kier molecular flexibility index (Phi) is 6.14. The molecule has 7 aromatic rings. The second-order valence-electron chi connectivity index (χ2n) is 10.1. The summed E-state index contributed by atoms with van der Waals surface area (Å²) in [5.74, 6) is 0.774. The molecule has 1 heterocycles. The fraction of sp³-hybridized carbons (Fsp3) is 0.0270. The molecule has 6 aromatic carbocycles. The normalized spacial score (nSPS) is 11.1. The van der Waals surface area contributed by atoms with Crippen molar-refractivity contribution >= 4 is 33.2 Å². The van der Waals surface area contributed by atoms with Gasteiger partial charge in [0.15, 0.2) is 0 Å². The van der Waals surface area contributed by atoms with E-state index in [2.05, 4.69) is 107 Å². The van der Waals surface area contributed by atoms with E-state index in [4.69, 9.17) is 4.74 Å². The molecule has 0 aliphatic rings. The maximum Gasteiger partial charge on any atom is 0.143 e. The van der Waals surface area contributed by atoms with Crippen molar-refractivity contribution in [2.24, 2.45) is 0 Å².